The van der Waals surface area contributed by atoms with Crippen LogP contribution in [0.2, 0.25) is 0 Å². The summed E-state index contributed by atoms with van der Waals surface area (Å²) in [7, 11) is 0. The van der Waals surface area contributed by atoms with Gasteiger partial charge in [0.25, 0.3) is 5.56 Å². The van der Waals surface area contributed by atoms with Gasteiger partial charge in [0.2, 0.25) is 5.91 Å². The molecule has 7 heteroatoms. The van der Waals surface area contributed by atoms with Crippen LogP contribution in [-0.2, 0) is 17.9 Å². The highest BCUT2D eigenvalue weighted by atomic mass is 16.3. The summed E-state index contributed by atoms with van der Waals surface area (Å²) >= 11 is 0. The van der Waals surface area contributed by atoms with Crippen molar-refractivity contribution in [3.8, 4) is 0 Å². The van der Waals surface area contributed by atoms with Gasteiger partial charge in [0, 0.05) is 0 Å². The van der Waals surface area contributed by atoms with Crippen molar-refractivity contribution in [2.45, 2.75) is 39.4 Å². The first-order valence-electron chi connectivity index (χ1n) is 10.6. The quantitative estimate of drug-likeness (QED) is 0.486. The maximum Gasteiger partial charge on any atom is 0.332 e. The Morgan fingerprint density at radius 3 is 2.53 bits per heavy atom. The van der Waals surface area contributed by atoms with Gasteiger partial charge in [-0.3, -0.25) is 18.7 Å². The maximum atomic E-state index is 13.6. The van der Waals surface area contributed by atoms with Gasteiger partial charge in [0.1, 0.15) is 11.8 Å². The molecule has 0 spiro atoms. The van der Waals surface area contributed by atoms with Crippen LogP contribution in [-0.4, -0.2) is 15.0 Å². The molecule has 0 saturated heterocycles. The van der Waals surface area contributed by atoms with Gasteiger partial charge >= 0.3 is 5.69 Å². The van der Waals surface area contributed by atoms with Crippen molar-refractivity contribution < 1.29 is 9.21 Å². The number of aryl methyl sites for hydroxylation is 1. The molecule has 1 atom stereocenters. The molecule has 2 heterocycles. The zero-order chi connectivity index (χ0) is 22.7. The highest BCUT2D eigenvalue weighted by molar-refractivity contribution is 5.84. The third kappa shape index (κ3) is 4.14. The molecule has 32 heavy (non-hydrogen) atoms. The van der Waals surface area contributed by atoms with Gasteiger partial charge in [0.15, 0.2) is 0 Å². The van der Waals surface area contributed by atoms with Gasteiger partial charge in [0.05, 0.1) is 30.3 Å². The number of carbonyl (C=O) groups is 1. The second-order valence-electron chi connectivity index (χ2n) is 7.77. The molecule has 0 bridgehead atoms. The predicted octanol–water partition coefficient (Wildman–Crippen LogP) is 3.38. The van der Waals surface area contributed by atoms with Crippen molar-refractivity contribution >= 4 is 16.8 Å². The molecule has 0 aliphatic rings. The Morgan fingerprint density at radius 1 is 1.06 bits per heavy atom. The lowest BCUT2D eigenvalue weighted by Gasteiger charge is -2.21. The van der Waals surface area contributed by atoms with Crippen molar-refractivity contribution in [1.29, 1.82) is 0 Å². The number of amides is 1. The zero-order valence-electron chi connectivity index (χ0n) is 18.1. The molecule has 1 amide bonds. The molecular formula is C25H25N3O4. The topological polar surface area (TPSA) is 86.2 Å². The Bertz CT molecular complexity index is 1350. The normalized spacial score (nSPS) is 12.1. The third-order valence-electron chi connectivity index (χ3n) is 5.53. The van der Waals surface area contributed by atoms with E-state index < -0.39 is 11.7 Å². The lowest BCUT2D eigenvalue weighted by Crippen LogP contribution is -2.45. The Kier molecular flexibility index (Phi) is 6.07. The van der Waals surface area contributed by atoms with Crippen LogP contribution in [0.3, 0.4) is 0 Å². The van der Waals surface area contributed by atoms with Crippen molar-refractivity contribution in [3.05, 3.63) is 105 Å². The zero-order valence-corrected chi connectivity index (χ0v) is 18.1. The van der Waals surface area contributed by atoms with E-state index in [2.05, 4.69) is 5.32 Å². The summed E-state index contributed by atoms with van der Waals surface area (Å²) in [5.41, 5.74) is 1.33. The van der Waals surface area contributed by atoms with Gasteiger partial charge in [-0.15, -0.1) is 0 Å². The Labute approximate surface area is 184 Å². The lowest BCUT2D eigenvalue weighted by atomic mass is 10.1. The largest absolute Gasteiger partial charge is 0.467 e. The number of fused-ring (bicyclic) bond motifs is 1. The summed E-state index contributed by atoms with van der Waals surface area (Å²) in [5, 5.41) is 3.26. The predicted molar refractivity (Wildman–Crippen MR) is 123 cm³/mol. The van der Waals surface area contributed by atoms with E-state index in [1.165, 1.54) is 9.13 Å². The van der Waals surface area contributed by atoms with Gasteiger partial charge < -0.3 is 9.73 Å². The molecule has 2 aromatic carbocycles. The van der Waals surface area contributed by atoms with Crippen LogP contribution in [0.15, 0.2) is 80.9 Å². The van der Waals surface area contributed by atoms with E-state index in [0.717, 1.165) is 11.1 Å². The molecule has 2 aromatic heterocycles. The molecule has 7 nitrogen and oxygen atoms in total. The van der Waals surface area contributed by atoms with E-state index in [9.17, 15) is 14.4 Å². The Morgan fingerprint density at radius 2 is 1.84 bits per heavy atom. The number of carbonyl (C=O) groups excluding carboxylic acids is 1. The van der Waals surface area contributed by atoms with Crippen molar-refractivity contribution in [2.75, 3.05) is 0 Å². The van der Waals surface area contributed by atoms with E-state index in [4.69, 9.17) is 4.42 Å². The van der Waals surface area contributed by atoms with Gasteiger partial charge in [-0.05, 0) is 43.2 Å². The van der Waals surface area contributed by atoms with Crippen molar-refractivity contribution in [2.24, 2.45) is 0 Å². The molecule has 0 radical (unpaired) electrons. The summed E-state index contributed by atoms with van der Waals surface area (Å²) in [5.74, 6) is 0.313. The van der Waals surface area contributed by atoms with Gasteiger partial charge in [-0.25, -0.2) is 4.79 Å². The van der Waals surface area contributed by atoms with Crippen LogP contribution in [0, 0.1) is 6.92 Å². The summed E-state index contributed by atoms with van der Waals surface area (Å²) in [6.07, 6.45) is 1.93. The first kappa shape index (κ1) is 21.4. The van der Waals surface area contributed by atoms with E-state index in [0.29, 0.717) is 23.1 Å². The number of benzene rings is 2. The van der Waals surface area contributed by atoms with Crippen molar-refractivity contribution in [1.82, 2.24) is 14.5 Å². The monoisotopic (exact) mass is 431 g/mol. The molecule has 0 fully saturated rings. The first-order valence-corrected chi connectivity index (χ1v) is 10.6. The van der Waals surface area contributed by atoms with Crippen LogP contribution < -0.4 is 16.6 Å². The third-order valence-corrected chi connectivity index (χ3v) is 5.53. The van der Waals surface area contributed by atoms with Gasteiger partial charge in [-0.2, -0.15) is 0 Å². The minimum atomic E-state index is -0.773. The first-order chi connectivity index (χ1) is 15.5. The van der Waals surface area contributed by atoms with Gasteiger partial charge in [-0.1, -0.05) is 48.9 Å². The second kappa shape index (κ2) is 9.09. The molecule has 0 aliphatic heterocycles. The SMILES string of the molecule is CC[C@@H](C(=O)NCc1ccco1)n1c(=O)n(Cc2ccccc2)c(=O)c2cc(C)ccc21. The highest BCUT2D eigenvalue weighted by Crippen LogP contribution is 2.18. The fraction of sp³-hybridized carbons (Fsp3) is 0.240. The number of hydrogen-bond donors (Lipinski definition) is 1. The molecule has 164 valence electrons. The number of aromatic nitrogens is 2. The molecule has 0 unspecified atom stereocenters. The fourth-order valence-electron chi connectivity index (χ4n) is 3.89. The smallest absolute Gasteiger partial charge is 0.332 e. The number of hydrogen-bond acceptors (Lipinski definition) is 4. The molecule has 4 rings (SSSR count). The standard InChI is InChI=1S/C25H25N3O4/c1-3-21(23(29)26-15-19-10-7-13-32-19)28-22-12-11-17(2)14-20(22)24(30)27(25(28)31)16-18-8-5-4-6-9-18/h4-14,21H,3,15-16H2,1-2H3,(H,26,29)/t21-/m0/s1. The minimum absolute atomic E-state index is 0.132. The molecular weight excluding hydrogens is 406 g/mol. The Balaban J connectivity index is 1.83. The Hall–Kier alpha value is -3.87. The van der Waals surface area contributed by atoms with E-state index in [1.807, 2.05) is 50.2 Å². The van der Waals surface area contributed by atoms with Crippen molar-refractivity contribution in [3.63, 3.8) is 0 Å². The summed E-state index contributed by atoms with van der Waals surface area (Å²) in [6, 6.07) is 17.4. The molecule has 0 saturated carbocycles. The summed E-state index contributed by atoms with van der Waals surface area (Å²) in [6.45, 7) is 4.09. The number of nitrogens with zero attached hydrogens (tertiary/aromatic N) is 2. The lowest BCUT2D eigenvalue weighted by molar-refractivity contribution is -0.124. The van der Waals surface area contributed by atoms with Crippen LogP contribution >= 0.6 is 0 Å². The fourth-order valence-corrected chi connectivity index (χ4v) is 3.89. The van der Waals surface area contributed by atoms with E-state index >= 15 is 0 Å². The number of nitrogens with one attached hydrogen (secondary N) is 1. The average Bonchev–Trinajstić information content (AvgIpc) is 3.32. The van der Waals surface area contributed by atoms with Crippen LogP contribution in [0.25, 0.3) is 10.9 Å². The van der Waals surface area contributed by atoms with Crippen LogP contribution in [0.4, 0.5) is 0 Å². The van der Waals surface area contributed by atoms with Crippen LogP contribution in [0.1, 0.15) is 36.3 Å². The number of furan rings is 1. The molecule has 4 aromatic rings. The van der Waals surface area contributed by atoms with E-state index in [1.54, 1.807) is 30.5 Å². The van der Waals surface area contributed by atoms with E-state index in [-0.39, 0.29) is 24.6 Å². The minimum Gasteiger partial charge on any atom is -0.467 e. The number of rotatable bonds is 7. The highest BCUT2D eigenvalue weighted by Gasteiger charge is 2.24. The average molecular weight is 431 g/mol. The maximum absolute atomic E-state index is 13.6. The molecule has 0 aliphatic carbocycles. The summed E-state index contributed by atoms with van der Waals surface area (Å²) < 4.78 is 7.93. The molecule has 1 N–H and O–H groups in total. The second-order valence-corrected chi connectivity index (χ2v) is 7.77. The van der Waals surface area contributed by atoms with Crippen LogP contribution in [0.5, 0.6) is 0 Å². The summed E-state index contributed by atoms with van der Waals surface area (Å²) in [4.78, 5) is 39.9.